The largest absolute Gasteiger partial charge is 0.298 e. The Balaban J connectivity index is 1.57. The fourth-order valence-corrected chi connectivity index (χ4v) is 4.79. The molecule has 5 aliphatic heterocycles. The Labute approximate surface area is 108 Å². The minimum absolute atomic E-state index is 0.549. The van der Waals surface area contributed by atoms with E-state index in [1.54, 1.807) is 0 Å². The van der Waals surface area contributed by atoms with E-state index in [9.17, 15) is 0 Å². The molecule has 18 heavy (non-hydrogen) atoms. The fourth-order valence-electron chi connectivity index (χ4n) is 4.79. The van der Waals surface area contributed by atoms with Gasteiger partial charge in [0, 0.05) is 52.4 Å². The smallest absolute Gasteiger partial charge is 0.0934 e. The summed E-state index contributed by atoms with van der Waals surface area (Å²) in [7, 11) is 0. The molecule has 6 nitrogen and oxygen atoms in total. The summed E-state index contributed by atoms with van der Waals surface area (Å²) in [6.45, 7) is 9.70. The maximum Gasteiger partial charge on any atom is 0.0934 e. The highest BCUT2D eigenvalue weighted by Crippen LogP contribution is 2.36. The first-order valence-electron chi connectivity index (χ1n) is 7.40. The minimum atomic E-state index is 0.549. The van der Waals surface area contributed by atoms with Gasteiger partial charge in [-0.1, -0.05) is 0 Å². The number of rotatable bonds is 0. The molecule has 4 atom stereocenters. The van der Waals surface area contributed by atoms with Crippen LogP contribution in [0.3, 0.4) is 0 Å². The quantitative estimate of drug-likeness (QED) is 0.506. The molecule has 0 aliphatic carbocycles. The molecule has 5 rings (SSSR count). The van der Waals surface area contributed by atoms with Crippen LogP contribution in [0, 0.1) is 0 Å². The molecule has 0 aromatic rings. The van der Waals surface area contributed by atoms with Gasteiger partial charge >= 0.3 is 0 Å². The molecular weight excluding hydrogens is 228 g/mol. The lowest BCUT2D eigenvalue weighted by atomic mass is 10.1. The van der Waals surface area contributed by atoms with Crippen LogP contribution < -0.4 is 10.6 Å². The maximum atomic E-state index is 3.77. The first kappa shape index (κ1) is 10.5. The van der Waals surface area contributed by atoms with Gasteiger partial charge in [-0.05, 0) is 0 Å². The molecule has 100 valence electrons. The lowest BCUT2D eigenvalue weighted by molar-refractivity contribution is -0.138. The highest BCUT2D eigenvalue weighted by Gasteiger charge is 2.57. The van der Waals surface area contributed by atoms with E-state index in [4.69, 9.17) is 0 Å². The van der Waals surface area contributed by atoms with Crippen molar-refractivity contribution < 1.29 is 0 Å². The van der Waals surface area contributed by atoms with E-state index in [0.717, 1.165) is 13.1 Å². The molecule has 0 bridgehead atoms. The Morgan fingerprint density at radius 3 is 1.61 bits per heavy atom. The zero-order chi connectivity index (χ0) is 11.7. The third kappa shape index (κ3) is 1.19. The molecule has 5 aliphatic rings. The summed E-state index contributed by atoms with van der Waals surface area (Å²) in [6.07, 6.45) is 2.30. The number of nitrogens with zero attached hydrogens (tertiary/aromatic N) is 4. The van der Waals surface area contributed by atoms with Gasteiger partial charge in [-0.15, -0.1) is 0 Å². The number of nitrogens with one attached hydrogen (secondary N) is 2. The molecule has 0 saturated carbocycles. The van der Waals surface area contributed by atoms with Gasteiger partial charge < -0.3 is 0 Å². The van der Waals surface area contributed by atoms with Gasteiger partial charge in [0.25, 0.3) is 0 Å². The van der Waals surface area contributed by atoms with Crippen LogP contribution in [0.1, 0.15) is 0 Å². The molecule has 5 fully saturated rings. The van der Waals surface area contributed by atoms with E-state index >= 15 is 0 Å². The zero-order valence-corrected chi connectivity index (χ0v) is 10.8. The van der Waals surface area contributed by atoms with Gasteiger partial charge in [-0.3, -0.25) is 30.2 Å². The van der Waals surface area contributed by atoms with E-state index < -0.39 is 0 Å². The van der Waals surface area contributed by atoms with Crippen LogP contribution in [0.5, 0.6) is 0 Å². The van der Waals surface area contributed by atoms with Crippen molar-refractivity contribution in [3.63, 3.8) is 0 Å². The molecule has 0 amide bonds. The van der Waals surface area contributed by atoms with Crippen LogP contribution in [0.25, 0.3) is 0 Å². The van der Waals surface area contributed by atoms with E-state index in [-0.39, 0.29) is 0 Å². The molecule has 0 aromatic carbocycles. The molecular formula is C12H22N6. The minimum Gasteiger partial charge on any atom is -0.298 e. The van der Waals surface area contributed by atoms with E-state index in [1.807, 2.05) is 0 Å². The van der Waals surface area contributed by atoms with Crippen molar-refractivity contribution >= 4 is 0 Å². The monoisotopic (exact) mass is 250 g/mol. The van der Waals surface area contributed by atoms with Crippen molar-refractivity contribution in [2.24, 2.45) is 0 Å². The average molecular weight is 250 g/mol. The predicted molar refractivity (Wildman–Crippen MR) is 67.7 cm³/mol. The van der Waals surface area contributed by atoms with Crippen molar-refractivity contribution in [2.45, 2.75) is 24.7 Å². The number of hydrogen-bond donors (Lipinski definition) is 2. The number of hydrogen-bond acceptors (Lipinski definition) is 6. The Bertz CT molecular complexity index is 328. The van der Waals surface area contributed by atoms with Gasteiger partial charge in [-0.2, -0.15) is 0 Å². The summed E-state index contributed by atoms with van der Waals surface area (Å²) in [4.78, 5) is 10.8. The normalized spacial score (nSPS) is 49.3. The molecule has 6 heteroatoms. The van der Waals surface area contributed by atoms with E-state index in [1.165, 1.54) is 39.3 Å². The second-order valence-corrected chi connectivity index (χ2v) is 6.17. The highest BCUT2D eigenvalue weighted by molar-refractivity contribution is 5.08. The van der Waals surface area contributed by atoms with Crippen molar-refractivity contribution in [2.75, 3.05) is 52.4 Å². The highest BCUT2D eigenvalue weighted by atomic mass is 15.6. The van der Waals surface area contributed by atoms with Crippen LogP contribution in [0.15, 0.2) is 0 Å². The Hall–Kier alpha value is -0.240. The lowest BCUT2D eigenvalue weighted by Crippen LogP contribution is -2.79. The van der Waals surface area contributed by atoms with Crippen LogP contribution in [-0.2, 0) is 0 Å². The third-order valence-corrected chi connectivity index (χ3v) is 5.50. The number of piperazine rings is 3. The third-order valence-electron chi connectivity index (χ3n) is 5.50. The SMILES string of the molecule is C1CN2CCN3C4NCCN5CCN(C(N1)C23)C45. The topological polar surface area (TPSA) is 37.0 Å². The molecule has 5 heterocycles. The van der Waals surface area contributed by atoms with Gasteiger partial charge in [0.15, 0.2) is 0 Å². The zero-order valence-electron chi connectivity index (χ0n) is 10.8. The molecule has 0 aromatic heterocycles. The summed E-state index contributed by atoms with van der Waals surface area (Å²) >= 11 is 0. The van der Waals surface area contributed by atoms with Gasteiger partial charge in [-0.25, -0.2) is 0 Å². The van der Waals surface area contributed by atoms with E-state index in [2.05, 4.69) is 30.2 Å². The first-order chi connectivity index (χ1) is 8.93. The predicted octanol–water partition coefficient (Wildman–Crippen LogP) is -2.25. The summed E-state index contributed by atoms with van der Waals surface area (Å²) in [5.41, 5.74) is 0. The Morgan fingerprint density at radius 2 is 1.11 bits per heavy atom. The summed E-state index contributed by atoms with van der Waals surface area (Å²) < 4.78 is 0. The van der Waals surface area contributed by atoms with Gasteiger partial charge in [0.1, 0.15) is 0 Å². The van der Waals surface area contributed by atoms with Gasteiger partial charge in [0.05, 0.1) is 24.7 Å². The van der Waals surface area contributed by atoms with Crippen LogP contribution in [-0.4, -0.2) is 96.6 Å². The number of fused-ring (bicyclic) bond motifs is 2. The summed E-state index contributed by atoms with van der Waals surface area (Å²) in [6, 6.07) is 0. The maximum absolute atomic E-state index is 3.77. The summed E-state index contributed by atoms with van der Waals surface area (Å²) in [5, 5.41) is 7.54. The van der Waals surface area contributed by atoms with Crippen molar-refractivity contribution in [1.82, 2.24) is 30.2 Å². The Kier molecular flexibility index (Phi) is 2.14. The molecule has 0 spiro atoms. The molecule has 0 radical (unpaired) electrons. The lowest BCUT2D eigenvalue weighted by Gasteiger charge is -2.57. The second-order valence-electron chi connectivity index (χ2n) is 6.17. The van der Waals surface area contributed by atoms with Crippen LogP contribution >= 0.6 is 0 Å². The van der Waals surface area contributed by atoms with Gasteiger partial charge in [0.2, 0.25) is 0 Å². The molecule has 2 N–H and O–H groups in total. The second kappa shape index (κ2) is 3.65. The van der Waals surface area contributed by atoms with Crippen molar-refractivity contribution in [3.8, 4) is 0 Å². The van der Waals surface area contributed by atoms with E-state index in [0.29, 0.717) is 24.7 Å². The first-order valence-corrected chi connectivity index (χ1v) is 7.40. The molecule has 5 saturated heterocycles. The summed E-state index contributed by atoms with van der Waals surface area (Å²) in [5.74, 6) is 0. The van der Waals surface area contributed by atoms with Crippen LogP contribution in [0.4, 0.5) is 0 Å². The Morgan fingerprint density at radius 1 is 0.611 bits per heavy atom. The van der Waals surface area contributed by atoms with Crippen LogP contribution in [0.2, 0.25) is 0 Å². The average Bonchev–Trinajstić information content (AvgIpc) is 3.01. The van der Waals surface area contributed by atoms with Crippen molar-refractivity contribution in [3.05, 3.63) is 0 Å². The fraction of sp³-hybridized carbons (Fsp3) is 1.00. The standard InChI is InChI=1S/C12H22N6/c1-3-15-5-7-18-10-12-16(4-2-14-10)6-8-17(12)9(13-1)11(15)18/h9-14H,1-8H2. The van der Waals surface area contributed by atoms with Crippen molar-refractivity contribution in [1.29, 1.82) is 0 Å². The molecule has 4 unspecified atom stereocenters.